The molecular formula is C20H26N4O2. The Hall–Kier alpha value is -2.47. The molecule has 26 heavy (non-hydrogen) atoms. The number of amides is 1. The van der Waals surface area contributed by atoms with E-state index in [0.29, 0.717) is 24.1 Å². The zero-order valence-corrected chi connectivity index (χ0v) is 15.6. The van der Waals surface area contributed by atoms with Gasteiger partial charge in [-0.15, -0.1) is 0 Å². The monoisotopic (exact) mass is 354 g/mol. The summed E-state index contributed by atoms with van der Waals surface area (Å²) in [6.45, 7) is 7.43. The summed E-state index contributed by atoms with van der Waals surface area (Å²) in [7, 11) is 0. The zero-order valence-electron chi connectivity index (χ0n) is 15.6. The average Bonchev–Trinajstić information content (AvgIpc) is 3.13. The van der Waals surface area contributed by atoms with E-state index in [-0.39, 0.29) is 12.0 Å². The van der Waals surface area contributed by atoms with E-state index >= 15 is 0 Å². The number of para-hydroxylation sites is 1. The molecule has 1 atom stereocenters. The van der Waals surface area contributed by atoms with E-state index < -0.39 is 0 Å². The van der Waals surface area contributed by atoms with Crippen LogP contribution in [0.1, 0.15) is 54.4 Å². The largest absolute Gasteiger partial charge is 0.376 e. The van der Waals surface area contributed by atoms with Crippen LogP contribution in [0.15, 0.2) is 30.3 Å². The molecule has 1 amide bonds. The van der Waals surface area contributed by atoms with E-state index in [2.05, 4.69) is 40.5 Å². The second kappa shape index (κ2) is 8.27. The average molecular weight is 354 g/mol. The fourth-order valence-electron chi connectivity index (χ4n) is 3.08. The Bertz CT molecular complexity index is 770. The minimum absolute atomic E-state index is 0.109. The molecule has 1 aromatic heterocycles. The Morgan fingerprint density at radius 1 is 1.31 bits per heavy atom. The third kappa shape index (κ3) is 4.58. The van der Waals surface area contributed by atoms with Crippen LogP contribution in [0.25, 0.3) is 0 Å². The first kappa shape index (κ1) is 18.3. The van der Waals surface area contributed by atoms with Crippen LogP contribution in [0.5, 0.6) is 0 Å². The van der Waals surface area contributed by atoms with Gasteiger partial charge in [0.25, 0.3) is 5.91 Å². The van der Waals surface area contributed by atoms with Crippen molar-refractivity contribution in [2.24, 2.45) is 0 Å². The number of ether oxygens (including phenoxy) is 1. The molecule has 138 valence electrons. The minimum atomic E-state index is -0.203. The highest BCUT2D eigenvalue weighted by Crippen LogP contribution is 2.25. The predicted molar refractivity (Wildman–Crippen MR) is 102 cm³/mol. The van der Waals surface area contributed by atoms with Crippen molar-refractivity contribution in [3.63, 3.8) is 0 Å². The van der Waals surface area contributed by atoms with Gasteiger partial charge in [-0.05, 0) is 43.4 Å². The summed E-state index contributed by atoms with van der Waals surface area (Å²) < 4.78 is 5.54. The summed E-state index contributed by atoms with van der Waals surface area (Å²) in [5.41, 5.74) is 3.24. The number of carbonyl (C=O) groups excluding carboxylic acids is 1. The number of aromatic nitrogens is 2. The molecule has 0 aliphatic carbocycles. The van der Waals surface area contributed by atoms with Gasteiger partial charge in [0.15, 0.2) is 0 Å². The van der Waals surface area contributed by atoms with Gasteiger partial charge in [0.1, 0.15) is 5.69 Å². The van der Waals surface area contributed by atoms with Gasteiger partial charge >= 0.3 is 0 Å². The first-order valence-electron chi connectivity index (χ1n) is 9.14. The van der Waals surface area contributed by atoms with Gasteiger partial charge in [0, 0.05) is 24.5 Å². The molecule has 2 aromatic rings. The Labute approximate surface area is 154 Å². The standard InChI is InChI=1S/C20H26N4O2/c1-13(2)16-8-4-5-9-17(16)23-20-22-14(3)11-18(24-20)19(25)21-12-15-7-6-10-26-15/h4-5,8-9,11,13,15H,6-7,10,12H2,1-3H3,(H,21,25)(H,22,23,24). The summed E-state index contributed by atoms with van der Waals surface area (Å²) >= 11 is 0. The molecule has 1 aromatic carbocycles. The maximum Gasteiger partial charge on any atom is 0.270 e. The number of benzene rings is 1. The summed E-state index contributed by atoms with van der Waals surface area (Å²) in [6.07, 6.45) is 2.15. The number of nitrogens with zero attached hydrogens (tertiary/aromatic N) is 2. The SMILES string of the molecule is Cc1cc(C(=O)NCC2CCCO2)nc(Nc2ccccc2C(C)C)n1. The minimum Gasteiger partial charge on any atom is -0.376 e. The normalized spacial score (nSPS) is 16.7. The smallest absolute Gasteiger partial charge is 0.270 e. The molecule has 0 radical (unpaired) electrons. The predicted octanol–water partition coefficient (Wildman–Crippen LogP) is 3.56. The highest BCUT2D eigenvalue weighted by molar-refractivity contribution is 5.92. The summed E-state index contributed by atoms with van der Waals surface area (Å²) in [5.74, 6) is 0.601. The van der Waals surface area contributed by atoms with Gasteiger partial charge in [0.2, 0.25) is 5.95 Å². The Balaban J connectivity index is 1.74. The van der Waals surface area contributed by atoms with Crippen LogP contribution in [-0.4, -0.2) is 35.1 Å². The van der Waals surface area contributed by atoms with E-state index in [0.717, 1.165) is 30.8 Å². The van der Waals surface area contributed by atoms with Gasteiger partial charge in [0.05, 0.1) is 6.10 Å². The Kier molecular flexibility index (Phi) is 5.83. The summed E-state index contributed by atoms with van der Waals surface area (Å²) in [6, 6.07) is 9.77. The van der Waals surface area contributed by atoms with Crippen molar-refractivity contribution in [1.82, 2.24) is 15.3 Å². The molecule has 1 aliphatic heterocycles. The van der Waals surface area contributed by atoms with Crippen LogP contribution < -0.4 is 10.6 Å². The van der Waals surface area contributed by atoms with Crippen molar-refractivity contribution in [3.05, 3.63) is 47.3 Å². The fraction of sp³-hybridized carbons (Fsp3) is 0.450. The molecule has 0 spiro atoms. The second-order valence-corrected chi connectivity index (χ2v) is 6.93. The lowest BCUT2D eigenvalue weighted by Crippen LogP contribution is -2.32. The Morgan fingerprint density at radius 2 is 2.12 bits per heavy atom. The second-order valence-electron chi connectivity index (χ2n) is 6.93. The van der Waals surface area contributed by atoms with Crippen LogP contribution in [-0.2, 0) is 4.74 Å². The maximum absolute atomic E-state index is 12.4. The van der Waals surface area contributed by atoms with E-state index in [1.54, 1.807) is 6.07 Å². The molecule has 1 unspecified atom stereocenters. The highest BCUT2D eigenvalue weighted by atomic mass is 16.5. The molecular weight excluding hydrogens is 328 g/mol. The van der Waals surface area contributed by atoms with Crippen molar-refractivity contribution in [1.29, 1.82) is 0 Å². The van der Waals surface area contributed by atoms with Gasteiger partial charge in [-0.25, -0.2) is 9.97 Å². The van der Waals surface area contributed by atoms with Gasteiger partial charge in [-0.3, -0.25) is 4.79 Å². The molecule has 1 aliphatic rings. The lowest BCUT2D eigenvalue weighted by atomic mass is 10.0. The van der Waals surface area contributed by atoms with Crippen LogP contribution >= 0.6 is 0 Å². The maximum atomic E-state index is 12.4. The van der Waals surface area contributed by atoms with E-state index in [1.807, 2.05) is 25.1 Å². The van der Waals surface area contributed by atoms with Crippen molar-refractivity contribution < 1.29 is 9.53 Å². The van der Waals surface area contributed by atoms with Crippen molar-refractivity contribution in [2.45, 2.75) is 45.6 Å². The fourth-order valence-corrected chi connectivity index (χ4v) is 3.08. The van der Waals surface area contributed by atoms with Gasteiger partial charge in [-0.1, -0.05) is 32.0 Å². The van der Waals surface area contributed by atoms with E-state index in [1.165, 1.54) is 5.56 Å². The molecule has 2 N–H and O–H groups in total. The quantitative estimate of drug-likeness (QED) is 0.829. The van der Waals surface area contributed by atoms with Crippen molar-refractivity contribution >= 4 is 17.5 Å². The number of rotatable bonds is 6. The lowest BCUT2D eigenvalue weighted by molar-refractivity contribution is 0.0853. The molecule has 1 saturated heterocycles. The van der Waals surface area contributed by atoms with Gasteiger partial charge in [-0.2, -0.15) is 0 Å². The van der Waals surface area contributed by atoms with E-state index in [9.17, 15) is 4.79 Å². The first-order valence-corrected chi connectivity index (χ1v) is 9.14. The topological polar surface area (TPSA) is 76.1 Å². The number of aryl methyl sites for hydroxylation is 1. The molecule has 6 nitrogen and oxygen atoms in total. The van der Waals surface area contributed by atoms with Crippen LogP contribution in [0.4, 0.5) is 11.6 Å². The number of carbonyl (C=O) groups is 1. The molecule has 3 rings (SSSR count). The number of hydrogen-bond acceptors (Lipinski definition) is 5. The van der Waals surface area contributed by atoms with Crippen molar-refractivity contribution in [3.8, 4) is 0 Å². The number of hydrogen-bond donors (Lipinski definition) is 2. The molecule has 1 fully saturated rings. The number of anilines is 2. The lowest BCUT2D eigenvalue weighted by Gasteiger charge is -2.15. The summed E-state index contributed by atoms with van der Waals surface area (Å²) in [5, 5.41) is 6.17. The van der Waals surface area contributed by atoms with Crippen LogP contribution in [0, 0.1) is 6.92 Å². The highest BCUT2D eigenvalue weighted by Gasteiger charge is 2.18. The molecule has 2 heterocycles. The molecule has 6 heteroatoms. The van der Waals surface area contributed by atoms with Gasteiger partial charge < -0.3 is 15.4 Å². The third-order valence-electron chi connectivity index (χ3n) is 4.43. The Morgan fingerprint density at radius 3 is 2.85 bits per heavy atom. The summed E-state index contributed by atoms with van der Waals surface area (Å²) in [4.78, 5) is 21.3. The molecule has 0 bridgehead atoms. The molecule has 0 saturated carbocycles. The number of nitrogens with one attached hydrogen (secondary N) is 2. The van der Waals surface area contributed by atoms with Crippen LogP contribution in [0.3, 0.4) is 0 Å². The zero-order chi connectivity index (χ0) is 18.5. The van der Waals surface area contributed by atoms with E-state index in [4.69, 9.17) is 4.74 Å². The third-order valence-corrected chi connectivity index (χ3v) is 4.43. The van der Waals surface area contributed by atoms with Crippen molar-refractivity contribution in [2.75, 3.05) is 18.5 Å². The van der Waals surface area contributed by atoms with Crippen LogP contribution in [0.2, 0.25) is 0 Å². The first-order chi connectivity index (χ1) is 12.5.